The Hall–Kier alpha value is -3.38. The normalized spacial score (nSPS) is 11.2. The molecule has 0 saturated carbocycles. The van der Waals surface area contributed by atoms with Crippen LogP contribution < -0.4 is 9.47 Å². The van der Waals surface area contributed by atoms with Gasteiger partial charge in [0.05, 0.1) is 36.7 Å². The molecule has 0 aliphatic carbocycles. The molecule has 5 rings (SSSR count). The molecule has 0 aliphatic rings. The molecule has 0 saturated heterocycles. The van der Waals surface area contributed by atoms with Crippen LogP contribution in [0.3, 0.4) is 0 Å². The maximum atomic E-state index is 5.61. The standard InChI is InChI=1S/C25H20BrN3O2/c1-15-23-19-13-21(30-2)22(31-3)14-20(19)24(16-8-7-9-17(26)12-16)27-25(23)29(28-15)18-10-5-4-6-11-18/h4-14H,1-3H3. The maximum absolute atomic E-state index is 5.61. The maximum Gasteiger partial charge on any atom is 0.164 e. The van der Waals surface area contributed by atoms with E-state index in [0.717, 1.165) is 48.9 Å². The molecule has 154 valence electrons. The lowest BCUT2D eigenvalue weighted by Gasteiger charge is -2.14. The minimum Gasteiger partial charge on any atom is -0.493 e. The van der Waals surface area contributed by atoms with Gasteiger partial charge in [0.1, 0.15) is 0 Å². The second kappa shape index (κ2) is 7.71. The molecule has 0 radical (unpaired) electrons. The molecule has 31 heavy (non-hydrogen) atoms. The molecule has 5 aromatic rings. The number of hydrogen-bond acceptors (Lipinski definition) is 4. The van der Waals surface area contributed by atoms with Crippen LogP contribution in [0, 0.1) is 6.92 Å². The third-order valence-electron chi connectivity index (χ3n) is 5.40. The third-order valence-corrected chi connectivity index (χ3v) is 5.89. The van der Waals surface area contributed by atoms with Crippen molar-refractivity contribution in [3.05, 3.63) is 76.9 Å². The molecule has 2 aromatic heterocycles. The Morgan fingerprint density at radius 3 is 2.23 bits per heavy atom. The first-order valence-corrected chi connectivity index (χ1v) is 10.7. The lowest BCUT2D eigenvalue weighted by atomic mass is 10.0. The summed E-state index contributed by atoms with van der Waals surface area (Å²) < 4.78 is 14.1. The van der Waals surface area contributed by atoms with Gasteiger partial charge in [0.15, 0.2) is 17.1 Å². The van der Waals surface area contributed by atoms with E-state index in [4.69, 9.17) is 19.6 Å². The highest BCUT2D eigenvalue weighted by molar-refractivity contribution is 9.10. The van der Waals surface area contributed by atoms with Crippen LogP contribution in [0.15, 0.2) is 71.2 Å². The first kappa shape index (κ1) is 19.6. The SMILES string of the molecule is COc1cc2c(-c3cccc(Br)c3)nc3c(c(C)nn3-c3ccccc3)c2cc1OC. The van der Waals surface area contributed by atoms with Crippen molar-refractivity contribution in [1.82, 2.24) is 14.8 Å². The van der Waals surface area contributed by atoms with Crippen molar-refractivity contribution < 1.29 is 9.47 Å². The zero-order valence-electron chi connectivity index (χ0n) is 17.4. The Balaban J connectivity index is 1.95. The summed E-state index contributed by atoms with van der Waals surface area (Å²) in [5, 5.41) is 7.84. The summed E-state index contributed by atoms with van der Waals surface area (Å²) in [6.07, 6.45) is 0. The van der Waals surface area contributed by atoms with Gasteiger partial charge in [-0.1, -0.05) is 46.3 Å². The van der Waals surface area contributed by atoms with E-state index in [1.54, 1.807) is 14.2 Å². The van der Waals surface area contributed by atoms with E-state index in [0.29, 0.717) is 11.5 Å². The van der Waals surface area contributed by atoms with Crippen LogP contribution in [0.5, 0.6) is 11.5 Å². The second-order valence-electron chi connectivity index (χ2n) is 7.25. The summed E-state index contributed by atoms with van der Waals surface area (Å²) >= 11 is 3.59. The molecule has 3 aromatic carbocycles. The van der Waals surface area contributed by atoms with Gasteiger partial charge in [0.2, 0.25) is 0 Å². The molecule has 0 amide bonds. The van der Waals surface area contributed by atoms with Gasteiger partial charge in [0, 0.05) is 20.8 Å². The van der Waals surface area contributed by atoms with E-state index >= 15 is 0 Å². The first-order valence-electron chi connectivity index (χ1n) is 9.87. The zero-order valence-corrected chi connectivity index (χ0v) is 19.0. The van der Waals surface area contributed by atoms with Crippen LogP contribution in [-0.2, 0) is 0 Å². The minimum atomic E-state index is 0.667. The van der Waals surface area contributed by atoms with Gasteiger partial charge in [-0.3, -0.25) is 0 Å². The van der Waals surface area contributed by atoms with Gasteiger partial charge in [-0.15, -0.1) is 0 Å². The number of rotatable bonds is 4. The molecule has 0 spiro atoms. The number of para-hydroxylation sites is 1. The van der Waals surface area contributed by atoms with Crippen molar-refractivity contribution in [3.63, 3.8) is 0 Å². The average molecular weight is 474 g/mol. The number of aryl methyl sites for hydroxylation is 1. The Bertz CT molecular complexity index is 1430. The molecule has 2 heterocycles. The van der Waals surface area contributed by atoms with Crippen molar-refractivity contribution in [1.29, 1.82) is 0 Å². The highest BCUT2D eigenvalue weighted by Gasteiger charge is 2.20. The number of benzene rings is 3. The molecule has 0 N–H and O–H groups in total. The Labute approximate surface area is 188 Å². The van der Waals surface area contributed by atoms with Gasteiger partial charge in [-0.25, -0.2) is 9.67 Å². The fourth-order valence-electron chi connectivity index (χ4n) is 3.99. The van der Waals surface area contributed by atoms with Crippen LogP contribution >= 0.6 is 15.9 Å². The summed E-state index contributed by atoms with van der Waals surface area (Å²) in [5.41, 5.74) is 4.55. The number of aromatic nitrogens is 3. The number of fused-ring (bicyclic) bond motifs is 3. The van der Waals surface area contributed by atoms with Crippen molar-refractivity contribution >= 4 is 37.7 Å². The van der Waals surface area contributed by atoms with E-state index in [9.17, 15) is 0 Å². The van der Waals surface area contributed by atoms with E-state index in [2.05, 4.69) is 28.1 Å². The summed E-state index contributed by atoms with van der Waals surface area (Å²) in [7, 11) is 3.30. The lowest BCUT2D eigenvalue weighted by Crippen LogP contribution is -1.99. The Morgan fingerprint density at radius 1 is 0.839 bits per heavy atom. The smallest absolute Gasteiger partial charge is 0.164 e. The minimum absolute atomic E-state index is 0.667. The summed E-state index contributed by atoms with van der Waals surface area (Å²) in [6.45, 7) is 2.01. The predicted molar refractivity (Wildman–Crippen MR) is 127 cm³/mol. The third kappa shape index (κ3) is 3.24. The molecule has 6 heteroatoms. The first-order chi connectivity index (χ1) is 15.1. The Morgan fingerprint density at radius 2 is 1.55 bits per heavy atom. The predicted octanol–water partition coefficient (Wildman–Crippen LogP) is 6.33. The van der Waals surface area contributed by atoms with E-state index in [1.165, 1.54) is 0 Å². The van der Waals surface area contributed by atoms with Gasteiger partial charge < -0.3 is 9.47 Å². The van der Waals surface area contributed by atoms with Crippen molar-refractivity contribution in [2.75, 3.05) is 14.2 Å². The Kier molecular flexibility index (Phi) is 4.87. The lowest BCUT2D eigenvalue weighted by molar-refractivity contribution is 0.356. The summed E-state index contributed by atoms with van der Waals surface area (Å²) in [4.78, 5) is 5.13. The van der Waals surface area contributed by atoms with Crippen LogP contribution in [0.1, 0.15) is 5.69 Å². The quantitative estimate of drug-likeness (QED) is 0.306. The van der Waals surface area contributed by atoms with E-state index in [1.807, 2.05) is 66.2 Å². The van der Waals surface area contributed by atoms with E-state index in [-0.39, 0.29) is 0 Å². The van der Waals surface area contributed by atoms with Crippen molar-refractivity contribution in [2.45, 2.75) is 6.92 Å². The summed E-state index contributed by atoms with van der Waals surface area (Å²) in [5.74, 6) is 1.34. The van der Waals surface area contributed by atoms with Crippen LogP contribution in [0.2, 0.25) is 0 Å². The largest absolute Gasteiger partial charge is 0.493 e. The highest BCUT2D eigenvalue weighted by Crippen LogP contribution is 2.41. The number of methoxy groups -OCH3 is 2. The number of halogens is 1. The van der Waals surface area contributed by atoms with Crippen LogP contribution in [-0.4, -0.2) is 29.0 Å². The number of hydrogen-bond donors (Lipinski definition) is 0. The highest BCUT2D eigenvalue weighted by atomic mass is 79.9. The fourth-order valence-corrected chi connectivity index (χ4v) is 4.39. The van der Waals surface area contributed by atoms with Crippen molar-refractivity contribution in [2.24, 2.45) is 0 Å². The van der Waals surface area contributed by atoms with E-state index < -0.39 is 0 Å². The zero-order chi connectivity index (χ0) is 21.5. The van der Waals surface area contributed by atoms with Gasteiger partial charge in [0.25, 0.3) is 0 Å². The molecule has 0 unspecified atom stereocenters. The van der Waals surface area contributed by atoms with Crippen LogP contribution in [0.4, 0.5) is 0 Å². The molecule has 0 bridgehead atoms. The average Bonchev–Trinajstić information content (AvgIpc) is 3.14. The molecule has 0 fully saturated rings. The van der Waals surface area contributed by atoms with Gasteiger partial charge in [-0.2, -0.15) is 5.10 Å². The summed E-state index contributed by atoms with van der Waals surface area (Å²) in [6, 6.07) is 22.2. The van der Waals surface area contributed by atoms with Crippen LogP contribution in [0.25, 0.3) is 38.8 Å². The number of nitrogens with zero attached hydrogens (tertiary/aromatic N) is 3. The van der Waals surface area contributed by atoms with Gasteiger partial charge in [-0.05, 0) is 43.3 Å². The molecule has 0 atom stereocenters. The molecule has 5 nitrogen and oxygen atoms in total. The number of ether oxygens (including phenoxy) is 2. The molecule has 0 aliphatic heterocycles. The van der Waals surface area contributed by atoms with Crippen molar-refractivity contribution in [3.8, 4) is 28.4 Å². The second-order valence-corrected chi connectivity index (χ2v) is 8.17. The molecular weight excluding hydrogens is 454 g/mol. The topological polar surface area (TPSA) is 49.2 Å². The molecular formula is C25H20BrN3O2. The number of pyridine rings is 1. The monoisotopic (exact) mass is 473 g/mol. The van der Waals surface area contributed by atoms with Gasteiger partial charge >= 0.3 is 0 Å². The fraction of sp³-hybridized carbons (Fsp3) is 0.120.